The summed E-state index contributed by atoms with van der Waals surface area (Å²) in [4.78, 5) is 2.07. The highest BCUT2D eigenvalue weighted by atomic mass is 35.5. The van der Waals surface area contributed by atoms with Crippen LogP contribution in [0.25, 0.3) is 0 Å². The number of halogens is 2. The second-order valence-corrected chi connectivity index (χ2v) is 4.43. The molecule has 0 radical (unpaired) electrons. The molecule has 0 amide bonds. The van der Waals surface area contributed by atoms with Crippen LogP contribution in [-0.2, 0) is 0 Å². The molecule has 0 spiro atoms. The third kappa shape index (κ3) is 1.87. The van der Waals surface area contributed by atoms with E-state index in [2.05, 4.69) is 4.90 Å². The van der Waals surface area contributed by atoms with Crippen LogP contribution in [0.3, 0.4) is 0 Å². The van der Waals surface area contributed by atoms with Crippen LogP contribution in [0.2, 0.25) is 5.02 Å². The third-order valence-corrected chi connectivity index (χ3v) is 3.29. The van der Waals surface area contributed by atoms with Crippen LogP contribution in [0.15, 0.2) is 18.2 Å². The molecular weight excluding hydrogens is 215 g/mol. The Kier molecular flexibility index (Phi) is 2.96. The van der Waals surface area contributed by atoms with Gasteiger partial charge in [0.2, 0.25) is 0 Å². The highest BCUT2D eigenvalue weighted by molar-refractivity contribution is 6.30. The summed E-state index contributed by atoms with van der Waals surface area (Å²) in [5, 5.41) is 0.167. The zero-order valence-corrected chi connectivity index (χ0v) is 9.34. The molecule has 2 rings (SSSR count). The van der Waals surface area contributed by atoms with Gasteiger partial charge in [-0.25, -0.2) is 4.39 Å². The Bertz CT molecular complexity index is 360. The van der Waals surface area contributed by atoms with Crippen molar-refractivity contribution in [2.75, 3.05) is 13.6 Å². The van der Waals surface area contributed by atoms with E-state index in [1.165, 1.54) is 0 Å². The monoisotopic (exact) mass is 228 g/mol. The minimum atomic E-state index is -0.339. The van der Waals surface area contributed by atoms with Gasteiger partial charge in [0.1, 0.15) is 5.82 Å². The van der Waals surface area contributed by atoms with Crippen LogP contribution in [0.5, 0.6) is 0 Å². The molecule has 82 valence electrons. The summed E-state index contributed by atoms with van der Waals surface area (Å²) in [6.07, 6.45) is 0.896. The maximum absolute atomic E-state index is 13.8. The predicted octanol–water partition coefficient (Wildman–Crippen LogP) is 2.18. The van der Waals surface area contributed by atoms with Crippen LogP contribution in [-0.4, -0.2) is 24.5 Å². The normalized spacial score (nSPS) is 27.2. The summed E-state index contributed by atoms with van der Waals surface area (Å²) >= 11 is 5.75. The van der Waals surface area contributed by atoms with Crippen molar-refractivity contribution in [2.45, 2.75) is 18.5 Å². The Labute approximate surface area is 93.8 Å². The minimum absolute atomic E-state index is 0.0111. The highest BCUT2D eigenvalue weighted by Crippen LogP contribution is 2.33. The van der Waals surface area contributed by atoms with Crippen LogP contribution in [0.4, 0.5) is 4.39 Å². The van der Waals surface area contributed by atoms with Gasteiger partial charge in [0.25, 0.3) is 0 Å². The molecular formula is C11H14ClFN2. The lowest BCUT2D eigenvalue weighted by Crippen LogP contribution is -2.30. The van der Waals surface area contributed by atoms with Gasteiger partial charge in [-0.2, -0.15) is 0 Å². The Hall–Kier alpha value is -0.640. The number of hydrogen-bond acceptors (Lipinski definition) is 2. The highest BCUT2D eigenvalue weighted by Gasteiger charge is 2.32. The van der Waals surface area contributed by atoms with Crippen LogP contribution >= 0.6 is 11.6 Å². The SMILES string of the molecule is CN1CCC(N)C1c1cccc(Cl)c1F. The Morgan fingerprint density at radius 3 is 2.87 bits per heavy atom. The summed E-state index contributed by atoms with van der Waals surface area (Å²) < 4.78 is 13.8. The molecule has 1 saturated heterocycles. The molecule has 15 heavy (non-hydrogen) atoms. The molecule has 1 aromatic carbocycles. The van der Waals surface area contributed by atoms with Gasteiger partial charge < -0.3 is 5.73 Å². The second-order valence-electron chi connectivity index (χ2n) is 4.02. The van der Waals surface area contributed by atoms with Gasteiger partial charge in [0.05, 0.1) is 11.1 Å². The summed E-state index contributed by atoms with van der Waals surface area (Å²) in [5.41, 5.74) is 6.58. The maximum atomic E-state index is 13.8. The quantitative estimate of drug-likeness (QED) is 0.799. The van der Waals surface area contributed by atoms with Gasteiger partial charge in [-0.15, -0.1) is 0 Å². The van der Waals surface area contributed by atoms with Gasteiger partial charge in [0, 0.05) is 18.2 Å². The van der Waals surface area contributed by atoms with Crippen LogP contribution < -0.4 is 5.73 Å². The van der Waals surface area contributed by atoms with E-state index in [9.17, 15) is 4.39 Å². The van der Waals surface area contributed by atoms with Crippen molar-refractivity contribution >= 4 is 11.6 Å². The molecule has 0 aromatic heterocycles. The van der Waals surface area contributed by atoms with E-state index in [4.69, 9.17) is 17.3 Å². The van der Waals surface area contributed by atoms with Crippen LogP contribution in [0.1, 0.15) is 18.0 Å². The molecule has 2 nitrogen and oxygen atoms in total. The molecule has 1 heterocycles. The Balaban J connectivity index is 2.40. The molecule has 0 bridgehead atoms. The number of rotatable bonds is 1. The lowest BCUT2D eigenvalue weighted by molar-refractivity contribution is 0.296. The zero-order chi connectivity index (χ0) is 11.0. The standard InChI is InChI=1S/C11H14ClFN2/c1-15-6-5-9(14)11(15)7-3-2-4-8(12)10(7)13/h2-4,9,11H,5-6,14H2,1H3. The fraction of sp³-hybridized carbons (Fsp3) is 0.455. The second kappa shape index (κ2) is 4.08. The first kappa shape index (κ1) is 10.9. The van der Waals surface area contributed by atoms with Crippen molar-refractivity contribution in [3.8, 4) is 0 Å². The molecule has 0 saturated carbocycles. The van der Waals surface area contributed by atoms with Crippen molar-refractivity contribution in [1.82, 2.24) is 4.90 Å². The van der Waals surface area contributed by atoms with Crippen molar-refractivity contribution < 1.29 is 4.39 Å². The molecule has 1 aliphatic rings. The number of likely N-dealkylation sites (tertiary alicyclic amines) is 1. The molecule has 1 aromatic rings. The topological polar surface area (TPSA) is 29.3 Å². The van der Waals surface area contributed by atoms with Gasteiger partial charge in [-0.05, 0) is 19.5 Å². The van der Waals surface area contributed by atoms with E-state index >= 15 is 0 Å². The molecule has 1 fully saturated rings. The maximum Gasteiger partial charge on any atom is 0.146 e. The number of likely N-dealkylation sites (N-methyl/N-ethyl adjacent to an activating group) is 1. The molecule has 2 unspecified atom stereocenters. The fourth-order valence-corrected chi connectivity index (χ4v) is 2.38. The largest absolute Gasteiger partial charge is 0.326 e. The van der Waals surface area contributed by atoms with Gasteiger partial charge in [0.15, 0.2) is 0 Å². The van der Waals surface area contributed by atoms with E-state index in [0.29, 0.717) is 5.56 Å². The predicted molar refractivity (Wildman–Crippen MR) is 59.4 cm³/mol. The van der Waals surface area contributed by atoms with E-state index in [0.717, 1.165) is 13.0 Å². The van der Waals surface area contributed by atoms with Gasteiger partial charge in [-0.3, -0.25) is 4.90 Å². The van der Waals surface area contributed by atoms with Crippen molar-refractivity contribution in [1.29, 1.82) is 0 Å². The Morgan fingerprint density at radius 2 is 2.27 bits per heavy atom. The molecule has 2 atom stereocenters. The Morgan fingerprint density at radius 1 is 1.53 bits per heavy atom. The van der Waals surface area contributed by atoms with Crippen molar-refractivity contribution in [3.63, 3.8) is 0 Å². The van der Waals surface area contributed by atoms with E-state index in [1.807, 2.05) is 7.05 Å². The summed E-state index contributed by atoms with van der Waals surface area (Å²) in [5.74, 6) is -0.339. The number of hydrogen-bond donors (Lipinski definition) is 1. The zero-order valence-electron chi connectivity index (χ0n) is 8.58. The lowest BCUT2D eigenvalue weighted by Gasteiger charge is -2.23. The third-order valence-electron chi connectivity index (χ3n) is 3.00. The first-order valence-electron chi connectivity index (χ1n) is 5.01. The average molecular weight is 229 g/mol. The lowest BCUT2D eigenvalue weighted by atomic mass is 10.0. The van der Waals surface area contributed by atoms with Crippen LogP contribution in [0, 0.1) is 5.82 Å². The summed E-state index contributed by atoms with van der Waals surface area (Å²) in [6.45, 7) is 0.901. The number of nitrogens with zero attached hydrogens (tertiary/aromatic N) is 1. The summed E-state index contributed by atoms with van der Waals surface area (Å²) in [7, 11) is 1.96. The first-order chi connectivity index (χ1) is 7.11. The number of nitrogens with two attached hydrogens (primary N) is 1. The first-order valence-corrected chi connectivity index (χ1v) is 5.39. The van der Waals surface area contributed by atoms with Crippen molar-refractivity contribution in [2.24, 2.45) is 5.73 Å². The molecule has 2 N–H and O–H groups in total. The molecule has 4 heteroatoms. The molecule has 0 aliphatic carbocycles. The van der Waals surface area contributed by atoms with Gasteiger partial charge in [-0.1, -0.05) is 23.7 Å². The fourth-order valence-electron chi connectivity index (χ4n) is 2.19. The van der Waals surface area contributed by atoms with Gasteiger partial charge >= 0.3 is 0 Å². The van der Waals surface area contributed by atoms with E-state index < -0.39 is 0 Å². The number of benzene rings is 1. The summed E-state index contributed by atoms with van der Waals surface area (Å²) in [6, 6.07) is 5.01. The molecule has 1 aliphatic heterocycles. The average Bonchev–Trinajstić information content (AvgIpc) is 2.52. The van der Waals surface area contributed by atoms with E-state index in [1.54, 1.807) is 18.2 Å². The van der Waals surface area contributed by atoms with Crippen molar-refractivity contribution in [3.05, 3.63) is 34.6 Å². The smallest absolute Gasteiger partial charge is 0.146 e. The van der Waals surface area contributed by atoms with E-state index in [-0.39, 0.29) is 22.9 Å². The minimum Gasteiger partial charge on any atom is -0.326 e.